The molecule has 0 amide bonds. The topological polar surface area (TPSA) is 300 Å². The highest BCUT2D eigenvalue weighted by Gasteiger charge is 2.57. The number of aliphatic hydroxyl groups is 4. The van der Waals surface area contributed by atoms with Gasteiger partial charge >= 0.3 is 5.69 Å². The number of imidazole rings is 1. The van der Waals surface area contributed by atoms with E-state index in [-0.39, 0.29) is 22.8 Å². The molecule has 212 valence electrons. The molecule has 10 atom stereocenters. The SMILES string of the molecule is Nc1ccn(C2OC(CO)C(C(OP(=O)([O-])O)C3OC(n4cnc5c(N)ncnc54)C(O)C3O)C2O)c(=O)n1. The number of nitrogen functional groups attached to an aromatic ring is 2. The lowest BCUT2D eigenvalue weighted by molar-refractivity contribution is -0.235. The molecule has 2 aliphatic heterocycles. The van der Waals surface area contributed by atoms with Crippen molar-refractivity contribution < 1.29 is 48.8 Å². The fourth-order valence-electron chi connectivity index (χ4n) is 4.93. The summed E-state index contributed by atoms with van der Waals surface area (Å²) >= 11 is 0. The minimum absolute atomic E-state index is 0.0209. The Kier molecular flexibility index (Phi) is 7.14. The van der Waals surface area contributed by atoms with Gasteiger partial charge in [0.2, 0.25) is 0 Å². The van der Waals surface area contributed by atoms with E-state index in [4.69, 9.17) is 25.5 Å². The van der Waals surface area contributed by atoms with Gasteiger partial charge < -0.3 is 55.7 Å². The summed E-state index contributed by atoms with van der Waals surface area (Å²) in [6.07, 6.45) is -9.93. The first-order valence-corrected chi connectivity index (χ1v) is 12.9. The lowest BCUT2D eigenvalue weighted by Crippen LogP contribution is -2.50. The molecular weight excluding hydrogens is 547 g/mol. The molecule has 0 spiro atoms. The molecule has 5 heterocycles. The van der Waals surface area contributed by atoms with Gasteiger partial charge in [-0.2, -0.15) is 4.98 Å². The molecule has 5 rings (SSSR count). The zero-order valence-corrected chi connectivity index (χ0v) is 20.6. The minimum atomic E-state index is -5.59. The molecule has 39 heavy (non-hydrogen) atoms. The Morgan fingerprint density at radius 1 is 1.10 bits per heavy atom. The lowest BCUT2D eigenvalue weighted by atomic mass is 9.87. The molecule has 9 N–H and O–H groups in total. The highest BCUT2D eigenvalue weighted by Crippen LogP contribution is 2.47. The smallest absolute Gasteiger partial charge is 0.351 e. The maximum atomic E-state index is 12.4. The normalized spacial score (nSPS) is 33.4. The molecule has 0 aliphatic carbocycles. The van der Waals surface area contributed by atoms with E-state index in [9.17, 15) is 39.6 Å². The molecule has 2 saturated heterocycles. The van der Waals surface area contributed by atoms with E-state index < -0.39 is 75.1 Å². The van der Waals surface area contributed by atoms with E-state index in [0.29, 0.717) is 0 Å². The summed E-state index contributed by atoms with van der Waals surface area (Å²) < 4.78 is 30.2. The van der Waals surface area contributed by atoms with Gasteiger partial charge in [0.25, 0.3) is 7.82 Å². The van der Waals surface area contributed by atoms with Crippen LogP contribution >= 0.6 is 7.82 Å². The van der Waals surface area contributed by atoms with Gasteiger partial charge in [0.1, 0.15) is 48.2 Å². The molecule has 19 nitrogen and oxygen atoms in total. The van der Waals surface area contributed by atoms with Crippen LogP contribution in [0.5, 0.6) is 0 Å². The van der Waals surface area contributed by atoms with Crippen LogP contribution in [0.25, 0.3) is 11.2 Å². The number of aliphatic hydroxyl groups excluding tert-OH is 4. The maximum Gasteiger partial charge on any atom is 0.351 e. The third-order valence-electron chi connectivity index (χ3n) is 6.63. The van der Waals surface area contributed by atoms with Crippen molar-refractivity contribution in [3.05, 3.63) is 35.4 Å². The molecule has 3 aromatic heterocycles. The predicted molar refractivity (Wildman–Crippen MR) is 124 cm³/mol. The minimum Gasteiger partial charge on any atom is -0.756 e. The van der Waals surface area contributed by atoms with Crippen molar-refractivity contribution >= 4 is 30.6 Å². The number of aromatic nitrogens is 6. The number of hydrogen-bond acceptors (Lipinski definition) is 16. The second kappa shape index (κ2) is 10.1. The Morgan fingerprint density at radius 3 is 2.49 bits per heavy atom. The first kappa shape index (κ1) is 27.5. The van der Waals surface area contributed by atoms with Crippen LogP contribution in [0, 0.1) is 5.92 Å². The Bertz CT molecular complexity index is 1460. The fourth-order valence-corrected chi connectivity index (χ4v) is 5.50. The van der Waals surface area contributed by atoms with Crippen LogP contribution in [0.3, 0.4) is 0 Å². The number of phosphoric acid groups is 1. The highest BCUT2D eigenvalue weighted by atomic mass is 31.2. The lowest BCUT2D eigenvalue weighted by Gasteiger charge is -2.36. The molecular formula is C19H24N8O11P-. The van der Waals surface area contributed by atoms with Crippen molar-refractivity contribution in [3.63, 3.8) is 0 Å². The van der Waals surface area contributed by atoms with Crippen LogP contribution in [0.4, 0.5) is 11.6 Å². The zero-order valence-electron chi connectivity index (χ0n) is 19.7. The molecule has 0 radical (unpaired) electrons. The average Bonchev–Trinajstić information content (AvgIpc) is 3.52. The van der Waals surface area contributed by atoms with Crippen molar-refractivity contribution in [1.82, 2.24) is 29.1 Å². The summed E-state index contributed by atoms with van der Waals surface area (Å²) in [5.74, 6) is -1.64. The van der Waals surface area contributed by atoms with E-state index in [1.807, 2.05) is 0 Å². The van der Waals surface area contributed by atoms with Crippen molar-refractivity contribution in [2.45, 2.75) is 49.1 Å². The van der Waals surface area contributed by atoms with Crippen LogP contribution < -0.4 is 22.1 Å². The van der Waals surface area contributed by atoms with Crippen molar-refractivity contribution in [3.8, 4) is 0 Å². The van der Waals surface area contributed by atoms with Crippen molar-refractivity contribution in [2.75, 3.05) is 18.1 Å². The van der Waals surface area contributed by atoms with Gasteiger partial charge in [-0.15, -0.1) is 0 Å². The second-order valence-corrected chi connectivity index (χ2v) is 10.1. The van der Waals surface area contributed by atoms with Gasteiger partial charge in [-0.3, -0.25) is 13.7 Å². The number of anilines is 2. The monoisotopic (exact) mass is 571 g/mol. The number of rotatable bonds is 7. The van der Waals surface area contributed by atoms with Gasteiger partial charge in [-0.1, -0.05) is 0 Å². The van der Waals surface area contributed by atoms with E-state index in [0.717, 1.165) is 17.1 Å². The van der Waals surface area contributed by atoms with Crippen LogP contribution in [-0.2, 0) is 18.6 Å². The summed E-state index contributed by atoms with van der Waals surface area (Å²) in [4.78, 5) is 49.2. The van der Waals surface area contributed by atoms with Gasteiger partial charge in [0.15, 0.2) is 23.9 Å². The molecule has 10 unspecified atom stereocenters. The number of phosphoric ester groups is 1. The number of ether oxygens (including phenoxy) is 2. The van der Waals surface area contributed by atoms with Crippen molar-refractivity contribution in [2.24, 2.45) is 5.92 Å². The first-order chi connectivity index (χ1) is 18.4. The van der Waals surface area contributed by atoms with Crippen molar-refractivity contribution in [1.29, 1.82) is 0 Å². The highest BCUT2D eigenvalue weighted by molar-refractivity contribution is 7.44. The summed E-state index contributed by atoms with van der Waals surface area (Å²) in [7, 11) is -5.59. The third kappa shape index (κ3) is 4.89. The van der Waals surface area contributed by atoms with Gasteiger partial charge in [-0.05, 0) is 6.07 Å². The Balaban J connectivity index is 1.52. The Morgan fingerprint density at radius 2 is 1.82 bits per heavy atom. The molecule has 0 aromatic carbocycles. The molecule has 2 fully saturated rings. The summed E-state index contributed by atoms with van der Waals surface area (Å²) in [6, 6.07) is 1.24. The Hall–Kier alpha value is -3.10. The first-order valence-electron chi connectivity index (χ1n) is 11.4. The number of fused-ring (bicyclic) bond motifs is 1. The standard InChI is InChI=1S/C19H25N8O11P/c20-7-1-2-26(19(32)25-7)17-10(29)8(6(3-28)36-17)13(38-39(33,34)35)14-11(30)12(31)18(37-14)27-5-24-9-15(21)22-4-23-16(9)27/h1-2,4-6,8,10-14,17-18,28-31H,3H2,(H2,20,25,32)(H2,21,22,23)(H2,33,34,35)/p-1. The second-order valence-electron chi connectivity index (χ2n) is 8.95. The molecule has 0 bridgehead atoms. The molecule has 3 aromatic rings. The fraction of sp³-hybridized carbons (Fsp3) is 0.526. The molecule has 2 aliphatic rings. The Labute approximate surface area is 217 Å². The molecule has 20 heteroatoms. The largest absolute Gasteiger partial charge is 0.756 e. The summed E-state index contributed by atoms with van der Waals surface area (Å²) in [5, 5.41) is 42.8. The van der Waals surface area contributed by atoms with Crippen LogP contribution in [0.15, 0.2) is 29.7 Å². The van der Waals surface area contributed by atoms with E-state index in [1.165, 1.54) is 17.0 Å². The summed E-state index contributed by atoms with van der Waals surface area (Å²) in [6.45, 7) is -0.818. The van der Waals surface area contributed by atoms with Crippen LogP contribution in [-0.4, -0.2) is 97.6 Å². The maximum absolute atomic E-state index is 12.4. The van der Waals surface area contributed by atoms with Crippen LogP contribution in [0.1, 0.15) is 12.5 Å². The molecule has 0 saturated carbocycles. The van der Waals surface area contributed by atoms with Crippen LogP contribution in [0.2, 0.25) is 0 Å². The average molecular weight is 571 g/mol. The number of nitrogens with zero attached hydrogens (tertiary/aromatic N) is 6. The number of hydrogen-bond donors (Lipinski definition) is 7. The number of nitrogens with two attached hydrogens (primary N) is 2. The van der Waals surface area contributed by atoms with Gasteiger partial charge in [0, 0.05) is 12.1 Å². The van der Waals surface area contributed by atoms with E-state index in [1.54, 1.807) is 0 Å². The quantitative estimate of drug-likeness (QED) is 0.132. The van der Waals surface area contributed by atoms with E-state index >= 15 is 0 Å². The predicted octanol–water partition coefficient (Wildman–Crippen LogP) is -4.42. The van der Waals surface area contributed by atoms with E-state index in [2.05, 4.69) is 19.9 Å². The van der Waals surface area contributed by atoms with Gasteiger partial charge in [-0.25, -0.2) is 19.7 Å². The van der Waals surface area contributed by atoms with Gasteiger partial charge in [0.05, 0.1) is 19.0 Å². The summed E-state index contributed by atoms with van der Waals surface area (Å²) in [5.41, 5.74) is 10.6. The third-order valence-corrected chi connectivity index (χ3v) is 7.14. The zero-order chi connectivity index (χ0) is 28.2.